The third-order valence-electron chi connectivity index (χ3n) is 7.18. The van der Waals surface area contributed by atoms with Crippen molar-refractivity contribution in [2.75, 3.05) is 31.6 Å². The number of imidazole rings is 1. The Bertz CT molecular complexity index is 1310. The molecule has 1 saturated carbocycles. The van der Waals surface area contributed by atoms with Crippen LogP contribution in [0.3, 0.4) is 0 Å². The number of aromatic nitrogens is 5. The molecule has 34 heavy (non-hydrogen) atoms. The number of hydrogen-bond donors (Lipinski definition) is 3. The number of aliphatic hydroxyl groups is 1. The summed E-state index contributed by atoms with van der Waals surface area (Å²) in [6.45, 7) is 3.49. The summed E-state index contributed by atoms with van der Waals surface area (Å²) in [5.41, 5.74) is 2.89. The average molecular weight is 466 g/mol. The van der Waals surface area contributed by atoms with Crippen LogP contribution in [-0.2, 0) is 11.3 Å². The van der Waals surface area contributed by atoms with Crippen molar-refractivity contribution in [2.45, 2.75) is 44.4 Å². The van der Waals surface area contributed by atoms with Crippen molar-refractivity contribution < 1.29 is 14.2 Å². The first kappa shape index (κ1) is 21.5. The lowest BCUT2D eigenvalue weighted by Gasteiger charge is -2.39. The van der Waals surface area contributed by atoms with Gasteiger partial charge in [-0.25, -0.2) is 19.3 Å². The monoisotopic (exact) mass is 465 g/mol. The van der Waals surface area contributed by atoms with Crippen LogP contribution in [0.5, 0.6) is 0 Å². The number of ether oxygens (including phenoxy) is 1. The molecular formula is C24H28FN7O2. The standard InChI is InChI=1S/C24H28FN7O2/c25-20-9-15(12-32-18(13-33)10-27-24(20)32)19-11-26-22-21(19)23(29-14-28-22)30-16-1-3-17(4-2-16)31-5-7-34-8-6-31/h9-12,14,16-17,33H,1-8,13H2,(H2,26,28,29,30). The topological polar surface area (TPSA) is 104 Å². The zero-order valence-corrected chi connectivity index (χ0v) is 18.9. The van der Waals surface area contributed by atoms with Gasteiger partial charge in [-0.2, -0.15) is 0 Å². The zero-order chi connectivity index (χ0) is 23.1. The van der Waals surface area contributed by atoms with Crippen LogP contribution >= 0.6 is 0 Å². The van der Waals surface area contributed by atoms with E-state index in [9.17, 15) is 9.50 Å². The number of halogens is 1. The smallest absolute Gasteiger partial charge is 0.173 e. The molecule has 9 nitrogen and oxygen atoms in total. The number of morpholine rings is 1. The van der Waals surface area contributed by atoms with Gasteiger partial charge in [-0.3, -0.25) is 9.30 Å². The Kier molecular flexibility index (Phi) is 5.64. The van der Waals surface area contributed by atoms with Crippen LogP contribution in [0.15, 0.2) is 31.0 Å². The first-order valence-electron chi connectivity index (χ1n) is 11.9. The normalized spacial score (nSPS) is 21.9. The fourth-order valence-corrected chi connectivity index (χ4v) is 5.38. The second kappa shape index (κ2) is 8.94. The fraction of sp³-hybridized carbons (Fsp3) is 0.458. The van der Waals surface area contributed by atoms with Gasteiger partial charge in [0.15, 0.2) is 11.5 Å². The van der Waals surface area contributed by atoms with E-state index >= 15 is 0 Å². The minimum atomic E-state index is -0.445. The second-order valence-corrected chi connectivity index (χ2v) is 9.12. The Morgan fingerprint density at radius 3 is 2.76 bits per heavy atom. The minimum absolute atomic E-state index is 0.194. The largest absolute Gasteiger partial charge is 0.390 e. The molecule has 0 unspecified atom stereocenters. The zero-order valence-electron chi connectivity index (χ0n) is 18.9. The molecule has 4 aromatic heterocycles. The highest BCUT2D eigenvalue weighted by Gasteiger charge is 2.27. The number of anilines is 1. The Labute approximate surface area is 196 Å². The lowest BCUT2D eigenvalue weighted by Crippen LogP contribution is -2.46. The molecule has 0 spiro atoms. The first-order chi connectivity index (χ1) is 16.7. The second-order valence-electron chi connectivity index (χ2n) is 9.12. The van der Waals surface area contributed by atoms with Gasteiger partial charge in [0.05, 0.1) is 37.1 Å². The average Bonchev–Trinajstić information content (AvgIpc) is 3.50. The molecule has 0 aromatic carbocycles. The number of nitrogens with one attached hydrogen (secondary N) is 2. The van der Waals surface area contributed by atoms with Crippen LogP contribution in [0, 0.1) is 5.82 Å². The van der Waals surface area contributed by atoms with Crippen molar-refractivity contribution in [2.24, 2.45) is 0 Å². The molecule has 10 heteroatoms. The molecule has 0 atom stereocenters. The number of fused-ring (bicyclic) bond motifs is 2. The van der Waals surface area contributed by atoms with Gasteiger partial charge in [-0.05, 0) is 31.7 Å². The van der Waals surface area contributed by atoms with Crippen LogP contribution in [0.25, 0.3) is 27.8 Å². The Hall–Kier alpha value is -3.08. The summed E-state index contributed by atoms with van der Waals surface area (Å²) in [4.78, 5) is 18.8. The summed E-state index contributed by atoms with van der Waals surface area (Å²) < 4.78 is 21.9. The maximum absolute atomic E-state index is 14.8. The number of aliphatic hydroxyl groups excluding tert-OH is 1. The summed E-state index contributed by atoms with van der Waals surface area (Å²) in [7, 11) is 0. The van der Waals surface area contributed by atoms with Crippen LogP contribution in [0.2, 0.25) is 0 Å². The Balaban J connectivity index is 1.28. The van der Waals surface area contributed by atoms with Crippen LogP contribution in [-0.4, -0.2) is 72.7 Å². The van der Waals surface area contributed by atoms with Gasteiger partial charge in [0, 0.05) is 48.7 Å². The Morgan fingerprint density at radius 1 is 1.15 bits per heavy atom. The van der Waals surface area contributed by atoms with Crippen molar-refractivity contribution >= 4 is 22.5 Å². The van der Waals surface area contributed by atoms with Crippen molar-refractivity contribution in [1.82, 2.24) is 29.2 Å². The van der Waals surface area contributed by atoms with Gasteiger partial charge in [0.2, 0.25) is 0 Å². The predicted octanol–water partition coefficient (Wildman–Crippen LogP) is 2.96. The highest BCUT2D eigenvalue weighted by molar-refractivity contribution is 6.00. The van der Waals surface area contributed by atoms with Crippen molar-refractivity contribution in [3.63, 3.8) is 0 Å². The summed E-state index contributed by atoms with van der Waals surface area (Å²) in [5, 5.41) is 14.1. The van der Waals surface area contributed by atoms with E-state index in [0.717, 1.165) is 68.8 Å². The molecule has 4 aromatic rings. The number of rotatable bonds is 5. The van der Waals surface area contributed by atoms with E-state index in [1.807, 2.05) is 6.20 Å². The number of pyridine rings is 1. The SMILES string of the molecule is OCc1cnc2c(F)cc(-c3c[nH]c4ncnc(NC5CCC(N6CCOCC6)CC5)c34)cn12. The van der Waals surface area contributed by atoms with Crippen molar-refractivity contribution in [3.05, 3.63) is 42.5 Å². The van der Waals surface area contributed by atoms with E-state index in [0.29, 0.717) is 29.0 Å². The van der Waals surface area contributed by atoms with Gasteiger partial charge in [0.25, 0.3) is 0 Å². The molecule has 5 heterocycles. The molecule has 0 radical (unpaired) electrons. The molecule has 6 rings (SSSR count). The van der Waals surface area contributed by atoms with Gasteiger partial charge in [-0.1, -0.05) is 0 Å². The van der Waals surface area contributed by atoms with Gasteiger partial charge >= 0.3 is 0 Å². The van der Waals surface area contributed by atoms with Crippen LogP contribution < -0.4 is 5.32 Å². The van der Waals surface area contributed by atoms with Gasteiger partial charge in [0.1, 0.15) is 17.8 Å². The van der Waals surface area contributed by atoms with E-state index in [4.69, 9.17) is 4.74 Å². The predicted molar refractivity (Wildman–Crippen MR) is 126 cm³/mol. The summed E-state index contributed by atoms with van der Waals surface area (Å²) in [5.74, 6) is 0.309. The molecule has 0 amide bonds. The fourth-order valence-electron chi connectivity index (χ4n) is 5.38. The third-order valence-corrected chi connectivity index (χ3v) is 7.18. The van der Waals surface area contributed by atoms with Crippen LogP contribution in [0.4, 0.5) is 10.2 Å². The molecule has 2 aliphatic rings. The van der Waals surface area contributed by atoms with E-state index in [-0.39, 0.29) is 12.3 Å². The molecule has 2 fully saturated rings. The highest BCUT2D eigenvalue weighted by Crippen LogP contribution is 2.34. The summed E-state index contributed by atoms with van der Waals surface area (Å²) >= 11 is 0. The highest BCUT2D eigenvalue weighted by atomic mass is 19.1. The Morgan fingerprint density at radius 2 is 1.97 bits per heavy atom. The van der Waals surface area contributed by atoms with Crippen LogP contribution in [0.1, 0.15) is 31.4 Å². The van der Waals surface area contributed by atoms with Gasteiger partial charge < -0.3 is 20.1 Å². The lowest BCUT2D eigenvalue weighted by molar-refractivity contribution is 0.00791. The molecule has 178 valence electrons. The molecule has 1 aliphatic heterocycles. The maximum Gasteiger partial charge on any atom is 0.173 e. The maximum atomic E-state index is 14.8. The summed E-state index contributed by atoms with van der Waals surface area (Å²) in [6.07, 6.45) is 11.1. The van der Waals surface area contributed by atoms with Crippen molar-refractivity contribution in [3.8, 4) is 11.1 Å². The van der Waals surface area contributed by atoms with E-state index in [1.165, 1.54) is 12.3 Å². The quantitative estimate of drug-likeness (QED) is 0.416. The van der Waals surface area contributed by atoms with Gasteiger partial charge in [-0.15, -0.1) is 0 Å². The number of aromatic amines is 1. The molecule has 1 aliphatic carbocycles. The lowest BCUT2D eigenvalue weighted by atomic mass is 9.90. The van der Waals surface area contributed by atoms with E-state index < -0.39 is 5.82 Å². The number of hydrogen-bond acceptors (Lipinski definition) is 7. The number of H-pyrrole nitrogens is 1. The molecule has 0 bridgehead atoms. The van der Waals surface area contributed by atoms with Crippen molar-refractivity contribution in [1.29, 1.82) is 0 Å². The first-order valence-corrected chi connectivity index (χ1v) is 11.9. The molecular weight excluding hydrogens is 437 g/mol. The molecule has 3 N–H and O–H groups in total. The number of nitrogens with zero attached hydrogens (tertiary/aromatic N) is 5. The molecule has 1 saturated heterocycles. The van der Waals surface area contributed by atoms with E-state index in [1.54, 1.807) is 16.9 Å². The minimum Gasteiger partial charge on any atom is -0.390 e. The third kappa shape index (κ3) is 3.81. The van der Waals surface area contributed by atoms with E-state index in [2.05, 4.69) is 30.2 Å². The summed E-state index contributed by atoms with van der Waals surface area (Å²) in [6, 6.07) is 2.42.